The first-order valence-electron chi connectivity index (χ1n) is 7.66. The zero-order chi connectivity index (χ0) is 15.6. The summed E-state index contributed by atoms with van der Waals surface area (Å²) in [6, 6.07) is 3.36. The van der Waals surface area contributed by atoms with E-state index in [-0.39, 0.29) is 6.04 Å². The number of benzene rings is 1. The smallest absolute Gasteiger partial charge is 0.131 e. The van der Waals surface area contributed by atoms with Gasteiger partial charge in [0, 0.05) is 11.6 Å². The Kier molecular flexibility index (Phi) is 4.64. The second kappa shape index (κ2) is 6.12. The molecule has 0 amide bonds. The van der Waals surface area contributed by atoms with Crippen molar-refractivity contribution in [2.45, 2.75) is 57.8 Å². The van der Waals surface area contributed by atoms with E-state index in [4.69, 9.17) is 16.2 Å². The molecular weight excluding hydrogens is 266 g/mol. The van der Waals surface area contributed by atoms with Crippen molar-refractivity contribution in [1.29, 1.82) is 0 Å². The van der Waals surface area contributed by atoms with Crippen LogP contribution < -0.4 is 21.5 Å². The van der Waals surface area contributed by atoms with E-state index in [9.17, 15) is 5.11 Å². The van der Waals surface area contributed by atoms with Crippen LogP contribution in [0.25, 0.3) is 0 Å². The maximum atomic E-state index is 10.6. The summed E-state index contributed by atoms with van der Waals surface area (Å²) in [6.45, 7) is 6.79. The molecule has 118 valence electrons. The number of aliphatic hydroxyl groups excluding tert-OH is 1. The molecule has 0 saturated carbocycles. The van der Waals surface area contributed by atoms with Crippen LogP contribution in [-0.4, -0.2) is 23.4 Å². The second-order valence-electron chi connectivity index (χ2n) is 6.31. The molecule has 1 heterocycles. The average molecular weight is 293 g/mol. The lowest BCUT2D eigenvalue weighted by Crippen LogP contribution is -2.52. The van der Waals surface area contributed by atoms with E-state index in [0.717, 1.165) is 18.5 Å². The van der Waals surface area contributed by atoms with Crippen LogP contribution >= 0.6 is 0 Å². The van der Waals surface area contributed by atoms with Gasteiger partial charge in [-0.25, -0.2) is 0 Å². The highest BCUT2D eigenvalue weighted by molar-refractivity contribution is 5.68. The van der Waals surface area contributed by atoms with Crippen LogP contribution in [0.4, 0.5) is 11.4 Å². The molecule has 0 aromatic heterocycles. The highest BCUT2D eigenvalue weighted by Gasteiger charge is 2.42. The normalized spacial score (nSPS) is 23.4. The molecule has 5 heteroatoms. The SMILES string of the molecule is CCCCCN[C@H]1c2cc(N)c(N)cc2OC(C)(C)[C@@H]1O. The number of nitrogens with two attached hydrogens (primary N) is 2. The largest absolute Gasteiger partial charge is 0.485 e. The van der Waals surface area contributed by atoms with Gasteiger partial charge in [-0.2, -0.15) is 0 Å². The van der Waals surface area contributed by atoms with Gasteiger partial charge in [0.15, 0.2) is 0 Å². The Balaban J connectivity index is 2.27. The van der Waals surface area contributed by atoms with Crippen LogP contribution in [0.2, 0.25) is 0 Å². The van der Waals surface area contributed by atoms with Crippen LogP contribution in [0.1, 0.15) is 51.6 Å². The van der Waals surface area contributed by atoms with Crippen molar-refractivity contribution in [2.24, 2.45) is 0 Å². The Morgan fingerprint density at radius 2 is 1.90 bits per heavy atom. The third-order valence-electron chi connectivity index (χ3n) is 4.10. The number of unbranched alkanes of at least 4 members (excludes halogenated alkanes) is 2. The third kappa shape index (κ3) is 3.24. The van der Waals surface area contributed by atoms with Gasteiger partial charge in [0.05, 0.1) is 17.4 Å². The maximum absolute atomic E-state index is 10.6. The Labute approximate surface area is 126 Å². The van der Waals surface area contributed by atoms with Crippen LogP contribution in [-0.2, 0) is 0 Å². The van der Waals surface area contributed by atoms with Gasteiger partial charge in [-0.1, -0.05) is 19.8 Å². The van der Waals surface area contributed by atoms with Crippen molar-refractivity contribution in [1.82, 2.24) is 5.32 Å². The predicted octanol–water partition coefficient (Wildman–Crippen LogP) is 2.20. The van der Waals surface area contributed by atoms with E-state index in [2.05, 4.69) is 12.2 Å². The van der Waals surface area contributed by atoms with Gasteiger partial charge in [-0.15, -0.1) is 0 Å². The molecule has 0 aliphatic carbocycles. The zero-order valence-electron chi connectivity index (χ0n) is 13.1. The molecule has 0 saturated heterocycles. The van der Waals surface area contributed by atoms with E-state index in [1.54, 1.807) is 12.1 Å². The molecule has 0 bridgehead atoms. The molecule has 0 radical (unpaired) electrons. The summed E-state index contributed by atoms with van der Waals surface area (Å²) in [7, 11) is 0. The van der Waals surface area contributed by atoms with Crippen molar-refractivity contribution in [2.75, 3.05) is 18.0 Å². The Bertz CT molecular complexity index is 503. The van der Waals surface area contributed by atoms with E-state index >= 15 is 0 Å². The summed E-state index contributed by atoms with van der Waals surface area (Å²) in [5.74, 6) is 0.699. The molecule has 1 aliphatic rings. The number of fused-ring (bicyclic) bond motifs is 1. The van der Waals surface area contributed by atoms with E-state index in [1.807, 2.05) is 13.8 Å². The number of aliphatic hydroxyl groups is 1. The fourth-order valence-corrected chi connectivity index (χ4v) is 2.73. The summed E-state index contributed by atoms with van der Waals surface area (Å²) in [4.78, 5) is 0. The molecule has 1 aromatic rings. The number of anilines is 2. The molecule has 2 rings (SSSR count). The summed E-state index contributed by atoms with van der Waals surface area (Å²) in [6.07, 6.45) is 2.78. The Hall–Kier alpha value is -1.46. The minimum Gasteiger partial charge on any atom is -0.485 e. The van der Waals surface area contributed by atoms with Gasteiger partial charge >= 0.3 is 0 Å². The molecule has 2 atom stereocenters. The second-order valence-corrected chi connectivity index (χ2v) is 6.31. The number of hydrogen-bond donors (Lipinski definition) is 4. The van der Waals surface area contributed by atoms with Crippen molar-refractivity contribution in [3.8, 4) is 5.75 Å². The Morgan fingerprint density at radius 1 is 1.24 bits per heavy atom. The van der Waals surface area contributed by atoms with Crippen molar-refractivity contribution < 1.29 is 9.84 Å². The van der Waals surface area contributed by atoms with E-state index in [1.165, 1.54) is 12.8 Å². The highest BCUT2D eigenvalue weighted by Crippen LogP contribution is 2.42. The third-order valence-corrected chi connectivity index (χ3v) is 4.10. The number of nitrogen functional groups attached to an aromatic ring is 2. The lowest BCUT2D eigenvalue weighted by Gasteiger charge is -2.42. The van der Waals surface area contributed by atoms with Crippen molar-refractivity contribution in [3.05, 3.63) is 17.7 Å². The molecule has 0 spiro atoms. The molecule has 1 aliphatic heterocycles. The zero-order valence-corrected chi connectivity index (χ0v) is 13.1. The monoisotopic (exact) mass is 293 g/mol. The molecular formula is C16H27N3O2. The molecule has 0 unspecified atom stereocenters. The average Bonchev–Trinajstić information content (AvgIpc) is 2.41. The fraction of sp³-hybridized carbons (Fsp3) is 0.625. The van der Waals surface area contributed by atoms with Crippen LogP contribution in [0.3, 0.4) is 0 Å². The topological polar surface area (TPSA) is 93.5 Å². The molecule has 5 nitrogen and oxygen atoms in total. The van der Waals surface area contributed by atoms with Crippen molar-refractivity contribution >= 4 is 11.4 Å². The summed E-state index contributed by atoms with van der Waals surface area (Å²) in [5, 5.41) is 14.0. The number of hydrogen-bond acceptors (Lipinski definition) is 5. The van der Waals surface area contributed by atoms with Gasteiger partial charge in [-0.3, -0.25) is 0 Å². The van der Waals surface area contributed by atoms with E-state index in [0.29, 0.717) is 17.1 Å². The highest BCUT2D eigenvalue weighted by atomic mass is 16.5. The van der Waals surface area contributed by atoms with Gasteiger partial charge in [0.2, 0.25) is 0 Å². The van der Waals surface area contributed by atoms with Crippen LogP contribution in [0.5, 0.6) is 5.75 Å². The minimum absolute atomic E-state index is 0.191. The standard InChI is InChI=1S/C16H27N3O2/c1-4-5-6-7-19-14-10-8-11(17)12(18)9-13(10)21-16(2,3)15(14)20/h8-9,14-15,19-20H,4-7,17-18H2,1-3H3/t14-,15+/m0/s1. The minimum atomic E-state index is -0.669. The number of rotatable bonds is 5. The van der Waals surface area contributed by atoms with Gasteiger partial charge < -0.3 is 26.6 Å². The summed E-state index contributed by atoms with van der Waals surface area (Å²) < 4.78 is 5.90. The Morgan fingerprint density at radius 3 is 2.57 bits per heavy atom. The quantitative estimate of drug-likeness (QED) is 0.493. The summed E-state index contributed by atoms with van der Waals surface area (Å²) >= 11 is 0. The van der Waals surface area contributed by atoms with Crippen molar-refractivity contribution in [3.63, 3.8) is 0 Å². The lowest BCUT2D eigenvalue weighted by molar-refractivity contribution is -0.0644. The summed E-state index contributed by atoms with van der Waals surface area (Å²) in [5.41, 5.74) is 13.0. The fourth-order valence-electron chi connectivity index (χ4n) is 2.73. The molecule has 21 heavy (non-hydrogen) atoms. The lowest BCUT2D eigenvalue weighted by atomic mass is 9.86. The van der Waals surface area contributed by atoms with E-state index < -0.39 is 11.7 Å². The predicted molar refractivity (Wildman–Crippen MR) is 86.2 cm³/mol. The first-order valence-corrected chi connectivity index (χ1v) is 7.66. The number of nitrogens with one attached hydrogen (secondary N) is 1. The van der Waals surface area contributed by atoms with Gasteiger partial charge in [0.25, 0.3) is 0 Å². The van der Waals surface area contributed by atoms with Gasteiger partial charge in [0.1, 0.15) is 17.5 Å². The first-order chi connectivity index (χ1) is 9.86. The molecule has 1 aromatic carbocycles. The van der Waals surface area contributed by atoms with Gasteiger partial charge in [-0.05, 0) is 32.9 Å². The maximum Gasteiger partial charge on any atom is 0.131 e. The van der Waals surface area contributed by atoms with Crippen LogP contribution in [0.15, 0.2) is 12.1 Å². The molecule has 0 fully saturated rings. The first kappa shape index (κ1) is 15.9. The molecule has 6 N–H and O–H groups in total. The van der Waals surface area contributed by atoms with Crippen LogP contribution in [0, 0.1) is 0 Å². The number of ether oxygens (including phenoxy) is 1.